The second kappa shape index (κ2) is 7.24. The number of amidine groups is 1. The molecule has 4 nitrogen and oxygen atoms in total. The van der Waals surface area contributed by atoms with Crippen molar-refractivity contribution in [3.8, 4) is 0 Å². The average molecular weight is 287 g/mol. The molecule has 0 unspecified atom stereocenters. The summed E-state index contributed by atoms with van der Waals surface area (Å²) < 4.78 is 0. The SMILES string of the molecule is CCN(CC)C(=Nc1cccc(Cl)c1)/N=C(/N)Cl. The Balaban J connectivity index is 3.13. The predicted octanol–water partition coefficient (Wildman–Crippen LogP) is 3.22. The largest absolute Gasteiger partial charge is 0.374 e. The standard InChI is InChI=1S/C12H16Cl2N4/c1-3-18(4-2)12(17-11(14)15)16-10-7-5-6-9(13)8-10/h5-8H,3-4H2,1-2H3,(H2,15,16,17). The number of nitrogens with zero attached hydrogens (tertiary/aromatic N) is 3. The molecule has 0 spiro atoms. The third kappa shape index (κ3) is 4.55. The van der Waals surface area contributed by atoms with Gasteiger partial charge in [-0.25, -0.2) is 4.99 Å². The molecule has 0 aromatic heterocycles. The Labute approximate surface area is 117 Å². The molecule has 1 aromatic carbocycles. The summed E-state index contributed by atoms with van der Waals surface area (Å²) in [6, 6.07) is 7.21. The maximum absolute atomic E-state index is 5.91. The van der Waals surface area contributed by atoms with Crippen molar-refractivity contribution in [1.82, 2.24) is 4.90 Å². The van der Waals surface area contributed by atoms with Gasteiger partial charge < -0.3 is 10.6 Å². The molecule has 2 N–H and O–H groups in total. The lowest BCUT2D eigenvalue weighted by molar-refractivity contribution is 0.461. The summed E-state index contributed by atoms with van der Waals surface area (Å²) in [4.78, 5) is 10.4. The summed E-state index contributed by atoms with van der Waals surface area (Å²) in [5.74, 6) is 0.481. The van der Waals surface area contributed by atoms with Gasteiger partial charge in [-0.2, -0.15) is 4.99 Å². The second-order valence-corrected chi connectivity index (χ2v) is 4.32. The minimum atomic E-state index is -0.0392. The predicted molar refractivity (Wildman–Crippen MR) is 78.9 cm³/mol. The van der Waals surface area contributed by atoms with Crippen LogP contribution in [0.3, 0.4) is 0 Å². The van der Waals surface area contributed by atoms with E-state index in [1.807, 2.05) is 30.9 Å². The van der Waals surface area contributed by atoms with Gasteiger partial charge in [0.2, 0.25) is 5.96 Å². The molecule has 0 saturated heterocycles. The molecule has 0 aliphatic rings. The van der Waals surface area contributed by atoms with Crippen molar-refractivity contribution in [2.24, 2.45) is 15.7 Å². The summed E-state index contributed by atoms with van der Waals surface area (Å²) in [6.07, 6.45) is 0. The van der Waals surface area contributed by atoms with E-state index < -0.39 is 0 Å². The van der Waals surface area contributed by atoms with Crippen molar-refractivity contribution in [2.75, 3.05) is 13.1 Å². The van der Waals surface area contributed by atoms with Gasteiger partial charge in [0.05, 0.1) is 5.69 Å². The number of guanidine groups is 1. The second-order valence-electron chi connectivity index (χ2n) is 3.50. The Morgan fingerprint density at radius 3 is 2.50 bits per heavy atom. The maximum atomic E-state index is 5.91. The van der Waals surface area contributed by atoms with Crippen LogP contribution in [0.4, 0.5) is 5.69 Å². The summed E-state index contributed by atoms with van der Waals surface area (Å²) in [5, 5.41) is 0.584. The van der Waals surface area contributed by atoms with E-state index in [1.165, 1.54) is 0 Å². The van der Waals surface area contributed by atoms with Gasteiger partial charge in [0.15, 0.2) is 5.29 Å². The molecule has 0 amide bonds. The Kier molecular flexibility index (Phi) is 5.95. The first-order valence-electron chi connectivity index (χ1n) is 5.65. The molecular formula is C12H16Cl2N4. The number of benzene rings is 1. The normalized spacial score (nSPS) is 12.7. The fraction of sp³-hybridized carbons (Fsp3) is 0.333. The number of nitrogens with two attached hydrogens (primary N) is 1. The highest BCUT2D eigenvalue weighted by Gasteiger charge is 2.07. The zero-order chi connectivity index (χ0) is 13.5. The van der Waals surface area contributed by atoms with E-state index in [0.717, 1.165) is 13.1 Å². The van der Waals surface area contributed by atoms with Crippen LogP contribution in [0.5, 0.6) is 0 Å². The molecule has 98 valence electrons. The van der Waals surface area contributed by atoms with Crippen molar-refractivity contribution in [3.05, 3.63) is 29.3 Å². The van der Waals surface area contributed by atoms with E-state index in [4.69, 9.17) is 28.9 Å². The van der Waals surface area contributed by atoms with Crippen LogP contribution in [0.25, 0.3) is 0 Å². The van der Waals surface area contributed by atoms with Crippen molar-refractivity contribution in [2.45, 2.75) is 13.8 Å². The van der Waals surface area contributed by atoms with Crippen LogP contribution < -0.4 is 5.73 Å². The Hall–Kier alpha value is -1.26. The zero-order valence-corrected chi connectivity index (χ0v) is 11.9. The highest BCUT2D eigenvalue weighted by Crippen LogP contribution is 2.18. The quantitative estimate of drug-likeness (QED) is 0.527. The van der Waals surface area contributed by atoms with E-state index in [0.29, 0.717) is 16.7 Å². The average Bonchev–Trinajstić information content (AvgIpc) is 2.29. The minimum Gasteiger partial charge on any atom is -0.374 e. The van der Waals surface area contributed by atoms with Crippen molar-refractivity contribution < 1.29 is 0 Å². The molecule has 0 saturated carbocycles. The summed E-state index contributed by atoms with van der Waals surface area (Å²) in [5.41, 5.74) is 6.12. The number of rotatable bonds is 3. The van der Waals surface area contributed by atoms with Gasteiger partial charge in [0, 0.05) is 18.1 Å². The van der Waals surface area contributed by atoms with E-state index in [-0.39, 0.29) is 5.29 Å². The molecule has 0 radical (unpaired) electrons. The third-order valence-electron chi connectivity index (χ3n) is 2.29. The van der Waals surface area contributed by atoms with E-state index >= 15 is 0 Å². The molecule has 0 fully saturated rings. The zero-order valence-electron chi connectivity index (χ0n) is 10.4. The molecule has 0 atom stereocenters. The highest BCUT2D eigenvalue weighted by molar-refractivity contribution is 6.65. The lowest BCUT2D eigenvalue weighted by Gasteiger charge is -2.19. The smallest absolute Gasteiger partial charge is 0.228 e. The van der Waals surface area contributed by atoms with Gasteiger partial charge in [-0.05, 0) is 43.6 Å². The number of hydrogen-bond donors (Lipinski definition) is 1. The first-order chi connectivity index (χ1) is 8.56. The molecular weight excluding hydrogens is 271 g/mol. The summed E-state index contributed by atoms with van der Waals surface area (Å²) in [7, 11) is 0. The molecule has 0 aliphatic heterocycles. The molecule has 0 heterocycles. The van der Waals surface area contributed by atoms with E-state index in [9.17, 15) is 0 Å². The van der Waals surface area contributed by atoms with Gasteiger partial charge in [0.1, 0.15) is 0 Å². The number of halogens is 2. The first kappa shape index (κ1) is 14.8. The van der Waals surface area contributed by atoms with Crippen LogP contribution in [0.1, 0.15) is 13.8 Å². The van der Waals surface area contributed by atoms with Crippen LogP contribution >= 0.6 is 23.2 Å². The molecule has 1 aromatic rings. The van der Waals surface area contributed by atoms with Gasteiger partial charge >= 0.3 is 0 Å². The van der Waals surface area contributed by atoms with E-state index in [1.54, 1.807) is 12.1 Å². The lowest BCUT2D eigenvalue weighted by atomic mass is 10.3. The lowest BCUT2D eigenvalue weighted by Crippen LogP contribution is -2.30. The molecule has 1 rings (SSSR count). The van der Waals surface area contributed by atoms with Gasteiger partial charge in [-0.1, -0.05) is 17.7 Å². The molecule has 0 bridgehead atoms. The van der Waals surface area contributed by atoms with Crippen LogP contribution in [0.15, 0.2) is 34.3 Å². The topological polar surface area (TPSA) is 54.0 Å². The third-order valence-corrected chi connectivity index (χ3v) is 2.61. The number of aliphatic imine (C=N–C) groups is 2. The first-order valence-corrected chi connectivity index (χ1v) is 6.41. The van der Waals surface area contributed by atoms with Gasteiger partial charge in [-0.15, -0.1) is 0 Å². The summed E-state index contributed by atoms with van der Waals surface area (Å²) in [6.45, 7) is 5.56. The van der Waals surface area contributed by atoms with Crippen LogP contribution in [-0.4, -0.2) is 29.2 Å². The van der Waals surface area contributed by atoms with Crippen LogP contribution in [0, 0.1) is 0 Å². The van der Waals surface area contributed by atoms with E-state index in [2.05, 4.69) is 9.98 Å². The van der Waals surface area contributed by atoms with Crippen molar-refractivity contribution >= 4 is 40.1 Å². The molecule has 18 heavy (non-hydrogen) atoms. The Morgan fingerprint density at radius 2 is 2.00 bits per heavy atom. The fourth-order valence-electron chi connectivity index (χ4n) is 1.43. The monoisotopic (exact) mass is 286 g/mol. The minimum absolute atomic E-state index is 0.0392. The van der Waals surface area contributed by atoms with Crippen LogP contribution in [0.2, 0.25) is 5.02 Å². The summed E-state index contributed by atoms with van der Waals surface area (Å²) >= 11 is 11.5. The van der Waals surface area contributed by atoms with Gasteiger partial charge in [0.25, 0.3) is 0 Å². The molecule has 6 heteroatoms. The number of hydrogen-bond acceptors (Lipinski definition) is 1. The maximum Gasteiger partial charge on any atom is 0.228 e. The van der Waals surface area contributed by atoms with Gasteiger partial charge in [-0.3, -0.25) is 0 Å². The van der Waals surface area contributed by atoms with Crippen molar-refractivity contribution in [1.29, 1.82) is 0 Å². The Bertz CT molecular complexity index is 449. The fourth-order valence-corrected chi connectivity index (χ4v) is 1.69. The molecule has 0 aliphatic carbocycles. The Morgan fingerprint density at radius 1 is 1.33 bits per heavy atom. The van der Waals surface area contributed by atoms with Crippen LogP contribution in [-0.2, 0) is 0 Å². The van der Waals surface area contributed by atoms with Crippen molar-refractivity contribution in [3.63, 3.8) is 0 Å². The highest BCUT2D eigenvalue weighted by atomic mass is 35.5.